The maximum absolute atomic E-state index is 12.8. The van der Waals surface area contributed by atoms with Crippen molar-refractivity contribution in [2.75, 3.05) is 18.8 Å². The van der Waals surface area contributed by atoms with Gasteiger partial charge in [0, 0.05) is 36.9 Å². The van der Waals surface area contributed by atoms with E-state index in [1.807, 2.05) is 71.3 Å². The van der Waals surface area contributed by atoms with Gasteiger partial charge >= 0.3 is 0 Å². The van der Waals surface area contributed by atoms with E-state index in [-0.39, 0.29) is 11.9 Å². The Balaban J connectivity index is 1.22. The highest BCUT2D eigenvalue weighted by atomic mass is 32.2. The summed E-state index contributed by atoms with van der Waals surface area (Å²) in [5.41, 5.74) is 3.26. The lowest BCUT2D eigenvalue weighted by atomic mass is 10.2. The number of para-hydroxylation sites is 1. The lowest BCUT2D eigenvalue weighted by molar-refractivity contribution is -0.119. The summed E-state index contributed by atoms with van der Waals surface area (Å²) in [6, 6.07) is 30.7. The fraction of sp³-hybridized carbons (Fsp3) is 0.222. The number of amides is 1. The maximum Gasteiger partial charge on any atom is 0.230 e. The van der Waals surface area contributed by atoms with Crippen molar-refractivity contribution in [3.8, 4) is 17.1 Å². The zero-order valence-corrected chi connectivity index (χ0v) is 19.7. The molecular formula is C27H27N5OS. The van der Waals surface area contributed by atoms with Crippen LogP contribution in [0.5, 0.6) is 0 Å². The summed E-state index contributed by atoms with van der Waals surface area (Å²) in [7, 11) is 0. The van der Waals surface area contributed by atoms with Crippen LogP contribution < -0.4 is 5.32 Å². The number of carbonyl (C=O) groups excluding carboxylic acids is 1. The summed E-state index contributed by atoms with van der Waals surface area (Å²) in [6.07, 6.45) is 0.974. The van der Waals surface area contributed by atoms with E-state index in [2.05, 4.69) is 44.7 Å². The van der Waals surface area contributed by atoms with Crippen molar-refractivity contribution in [3.63, 3.8) is 0 Å². The third-order valence-corrected chi connectivity index (χ3v) is 6.83. The third-order valence-electron chi connectivity index (χ3n) is 5.90. The lowest BCUT2D eigenvalue weighted by Gasteiger charge is -2.17. The maximum atomic E-state index is 12.8. The number of nitrogens with zero attached hydrogens (tertiary/aromatic N) is 4. The molecule has 1 aliphatic rings. The van der Waals surface area contributed by atoms with E-state index in [1.54, 1.807) is 0 Å². The summed E-state index contributed by atoms with van der Waals surface area (Å²) in [5.74, 6) is 1.09. The highest BCUT2D eigenvalue weighted by Gasteiger charge is 2.24. The first-order valence-corrected chi connectivity index (χ1v) is 12.5. The van der Waals surface area contributed by atoms with Gasteiger partial charge in [0.2, 0.25) is 5.91 Å². The topological polar surface area (TPSA) is 63.1 Å². The summed E-state index contributed by atoms with van der Waals surface area (Å²) >= 11 is 1.42. The van der Waals surface area contributed by atoms with E-state index < -0.39 is 0 Å². The van der Waals surface area contributed by atoms with Gasteiger partial charge < -0.3 is 5.32 Å². The summed E-state index contributed by atoms with van der Waals surface area (Å²) in [6.45, 7) is 2.80. The van der Waals surface area contributed by atoms with Crippen molar-refractivity contribution in [2.45, 2.75) is 24.2 Å². The Morgan fingerprint density at radius 2 is 1.59 bits per heavy atom. The van der Waals surface area contributed by atoms with Crippen LogP contribution in [0.25, 0.3) is 17.1 Å². The van der Waals surface area contributed by atoms with Crippen LogP contribution in [0, 0.1) is 0 Å². The summed E-state index contributed by atoms with van der Waals surface area (Å²) < 4.78 is 2.02. The number of rotatable bonds is 8. The fourth-order valence-electron chi connectivity index (χ4n) is 4.28. The van der Waals surface area contributed by atoms with Gasteiger partial charge in [0.1, 0.15) is 0 Å². The first kappa shape index (κ1) is 22.4. The molecule has 4 aromatic rings. The molecule has 7 heteroatoms. The van der Waals surface area contributed by atoms with Crippen molar-refractivity contribution in [1.82, 2.24) is 25.0 Å². The molecular weight excluding hydrogens is 442 g/mol. The second-order valence-electron chi connectivity index (χ2n) is 8.41. The molecule has 2 heterocycles. The smallest absolute Gasteiger partial charge is 0.230 e. The Labute approximate surface area is 204 Å². The van der Waals surface area contributed by atoms with Crippen molar-refractivity contribution < 1.29 is 4.79 Å². The first-order chi connectivity index (χ1) is 16.8. The Morgan fingerprint density at radius 3 is 2.32 bits per heavy atom. The Morgan fingerprint density at radius 1 is 0.912 bits per heavy atom. The molecule has 1 amide bonds. The van der Waals surface area contributed by atoms with Gasteiger partial charge in [-0.05, 0) is 24.1 Å². The highest BCUT2D eigenvalue weighted by molar-refractivity contribution is 7.99. The van der Waals surface area contributed by atoms with Crippen LogP contribution in [0.4, 0.5) is 0 Å². The van der Waals surface area contributed by atoms with E-state index in [4.69, 9.17) is 0 Å². The summed E-state index contributed by atoms with van der Waals surface area (Å²) in [4.78, 5) is 15.1. The van der Waals surface area contributed by atoms with E-state index in [1.165, 1.54) is 17.3 Å². The van der Waals surface area contributed by atoms with Crippen LogP contribution in [0.2, 0.25) is 0 Å². The Bertz CT molecular complexity index is 1210. The molecule has 0 bridgehead atoms. The van der Waals surface area contributed by atoms with Crippen molar-refractivity contribution >= 4 is 17.7 Å². The predicted molar refractivity (Wildman–Crippen MR) is 136 cm³/mol. The molecule has 0 spiro atoms. The average molecular weight is 470 g/mol. The first-order valence-electron chi connectivity index (χ1n) is 11.5. The normalized spacial score (nSPS) is 15.9. The molecule has 1 aromatic heterocycles. The van der Waals surface area contributed by atoms with Crippen molar-refractivity contribution in [2.24, 2.45) is 0 Å². The third kappa shape index (κ3) is 5.38. The largest absolute Gasteiger partial charge is 0.351 e. The minimum absolute atomic E-state index is 0.0282. The number of likely N-dealkylation sites (tertiary alicyclic amines) is 1. The molecule has 1 aliphatic heterocycles. The number of benzene rings is 3. The Kier molecular flexibility index (Phi) is 7.02. The zero-order chi connectivity index (χ0) is 23.2. The molecule has 1 unspecified atom stereocenters. The molecule has 34 heavy (non-hydrogen) atoms. The number of aromatic nitrogens is 3. The zero-order valence-electron chi connectivity index (χ0n) is 18.9. The predicted octanol–water partition coefficient (Wildman–Crippen LogP) is 4.42. The van der Waals surface area contributed by atoms with Crippen LogP contribution in [0.15, 0.2) is 96.2 Å². The van der Waals surface area contributed by atoms with E-state index >= 15 is 0 Å². The van der Waals surface area contributed by atoms with Crippen molar-refractivity contribution in [3.05, 3.63) is 96.6 Å². The second-order valence-corrected chi connectivity index (χ2v) is 9.35. The molecule has 3 aromatic carbocycles. The fourth-order valence-corrected chi connectivity index (χ4v) is 5.05. The molecule has 6 nitrogen and oxygen atoms in total. The van der Waals surface area contributed by atoms with Gasteiger partial charge in [0.05, 0.1) is 5.75 Å². The second kappa shape index (κ2) is 10.7. The average Bonchev–Trinajstić information content (AvgIpc) is 3.51. The molecule has 1 saturated heterocycles. The van der Waals surface area contributed by atoms with Crippen LogP contribution in [0.1, 0.15) is 12.0 Å². The number of thioether (sulfide) groups is 1. The molecule has 1 fully saturated rings. The van der Waals surface area contributed by atoms with Gasteiger partial charge in [-0.25, -0.2) is 0 Å². The van der Waals surface area contributed by atoms with Crippen LogP contribution in [-0.2, 0) is 11.3 Å². The minimum Gasteiger partial charge on any atom is -0.351 e. The van der Waals surface area contributed by atoms with E-state index in [0.29, 0.717) is 10.9 Å². The van der Waals surface area contributed by atoms with Crippen molar-refractivity contribution in [1.29, 1.82) is 0 Å². The lowest BCUT2D eigenvalue weighted by Crippen LogP contribution is -2.38. The molecule has 5 rings (SSSR count). The standard InChI is InChI=1S/C27H27N5OS/c33-25(28-23-16-17-31(19-23)18-21-10-4-1-5-11-21)20-34-27-30-29-26(22-12-6-2-7-13-22)32(27)24-14-8-3-9-15-24/h1-15,23H,16-20H2,(H,28,33). The van der Waals surface area contributed by atoms with Gasteiger partial charge in [0.25, 0.3) is 0 Å². The number of hydrogen-bond donors (Lipinski definition) is 1. The molecule has 0 radical (unpaired) electrons. The quantitative estimate of drug-likeness (QED) is 0.387. The van der Waals surface area contributed by atoms with Gasteiger partial charge in [0.15, 0.2) is 11.0 Å². The van der Waals surface area contributed by atoms with Crippen LogP contribution in [0.3, 0.4) is 0 Å². The minimum atomic E-state index is 0.0282. The van der Waals surface area contributed by atoms with Gasteiger partial charge in [-0.2, -0.15) is 0 Å². The number of carbonyl (C=O) groups is 1. The van der Waals surface area contributed by atoms with Gasteiger partial charge in [-0.1, -0.05) is 90.6 Å². The molecule has 1 N–H and O–H groups in total. The highest BCUT2D eigenvalue weighted by Crippen LogP contribution is 2.27. The number of hydrogen-bond acceptors (Lipinski definition) is 5. The molecule has 172 valence electrons. The van der Waals surface area contributed by atoms with Gasteiger partial charge in [-0.15, -0.1) is 10.2 Å². The monoisotopic (exact) mass is 469 g/mol. The summed E-state index contributed by atoms with van der Waals surface area (Å²) in [5, 5.41) is 12.8. The van der Waals surface area contributed by atoms with E-state index in [9.17, 15) is 4.79 Å². The number of nitrogens with one attached hydrogen (secondary N) is 1. The molecule has 0 saturated carbocycles. The van der Waals surface area contributed by atoms with Gasteiger partial charge in [-0.3, -0.25) is 14.3 Å². The van der Waals surface area contributed by atoms with Crippen LogP contribution >= 0.6 is 11.8 Å². The SMILES string of the molecule is O=C(CSc1nnc(-c2ccccc2)n1-c1ccccc1)NC1CCN(Cc2ccccc2)C1. The molecule has 0 aliphatic carbocycles. The Hall–Kier alpha value is -3.42. The molecule has 1 atom stereocenters. The van der Waals surface area contributed by atoms with Crippen LogP contribution in [-0.4, -0.2) is 50.5 Å². The van der Waals surface area contributed by atoms with E-state index in [0.717, 1.165) is 43.1 Å².